The first-order valence-electron chi connectivity index (χ1n) is 8.03. The number of hydrogen-bond donors (Lipinski definition) is 1. The van der Waals surface area contributed by atoms with Crippen LogP contribution in [0.25, 0.3) is 0 Å². The summed E-state index contributed by atoms with van der Waals surface area (Å²) in [4.78, 5) is 27.7. The number of amides is 3. The normalized spacial score (nSPS) is 23.4. The standard InChI is InChI=1S/C17H23N3O2/c1-3-15(11-20-16(21)12(2)18-17(20)22)19-9-8-13-6-4-5-7-14(13)10-19/h4-7,12,15H,3,8-11H2,1-2H3,(H,18,22)/t12-,15-/m0/s1. The molecule has 2 heterocycles. The van der Waals surface area contributed by atoms with E-state index in [9.17, 15) is 9.59 Å². The van der Waals surface area contributed by atoms with E-state index < -0.39 is 6.04 Å². The molecule has 2 aliphatic heterocycles. The maximum absolute atomic E-state index is 12.1. The molecule has 1 aromatic rings. The quantitative estimate of drug-likeness (QED) is 0.862. The second kappa shape index (κ2) is 6.08. The summed E-state index contributed by atoms with van der Waals surface area (Å²) in [6.07, 6.45) is 1.96. The zero-order chi connectivity index (χ0) is 15.7. The van der Waals surface area contributed by atoms with Crippen LogP contribution in [0.2, 0.25) is 0 Å². The SMILES string of the molecule is CC[C@@H](CN1C(=O)N[C@@H](C)C1=O)N1CCc2ccccc2C1. The molecule has 0 radical (unpaired) electrons. The zero-order valence-corrected chi connectivity index (χ0v) is 13.2. The smallest absolute Gasteiger partial charge is 0.324 e. The molecule has 1 N–H and O–H groups in total. The zero-order valence-electron chi connectivity index (χ0n) is 13.2. The molecule has 0 bridgehead atoms. The van der Waals surface area contributed by atoms with Crippen molar-refractivity contribution in [3.8, 4) is 0 Å². The average molecular weight is 301 g/mol. The van der Waals surface area contributed by atoms with Crippen LogP contribution in [-0.4, -0.2) is 46.9 Å². The van der Waals surface area contributed by atoms with Crippen molar-refractivity contribution in [3.05, 3.63) is 35.4 Å². The van der Waals surface area contributed by atoms with Crippen molar-refractivity contribution >= 4 is 11.9 Å². The van der Waals surface area contributed by atoms with Crippen molar-refractivity contribution in [2.45, 2.75) is 45.3 Å². The molecular formula is C17H23N3O2. The molecule has 3 rings (SSSR count). The van der Waals surface area contributed by atoms with Gasteiger partial charge < -0.3 is 5.32 Å². The molecule has 5 heteroatoms. The number of hydrogen-bond acceptors (Lipinski definition) is 3. The second-order valence-electron chi connectivity index (χ2n) is 6.17. The fourth-order valence-electron chi connectivity index (χ4n) is 3.37. The van der Waals surface area contributed by atoms with Crippen molar-refractivity contribution < 1.29 is 9.59 Å². The van der Waals surface area contributed by atoms with Gasteiger partial charge in [-0.25, -0.2) is 4.79 Å². The van der Waals surface area contributed by atoms with E-state index in [2.05, 4.69) is 41.4 Å². The van der Waals surface area contributed by atoms with Gasteiger partial charge in [0.15, 0.2) is 0 Å². The van der Waals surface area contributed by atoms with E-state index >= 15 is 0 Å². The number of carbonyl (C=O) groups is 2. The molecule has 0 aromatic heterocycles. The number of carbonyl (C=O) groups excluding carboxylic acids is 2. The maximum Gasteiger partial charge on any atom is 0.324 e. The molecule has 0 spiro atoms. The second-order valence-corrected chi connectivity index (χ2v) is 6.17. The van der Waals surface area contributed by atoms with Crippen LogP contribution < -0.4 is 5.32 Å². The third-order valence-corrected chi connectivity index (χ3v) is 4.76. The Labute approximate surface area is 131 Å². The molecule has 1 fully saturated rings. The Morgan fingerprint density at radius 3 is 2.64 bits per heavy atom. The van der Waals surface area contributed by atoms with E-state index in [4.69, 9.17) is 0 Å². The third kappa shape index (κ3) is 2.73. The summed E-state index contributed by atoms with van der Waals surface area (Å²) in [6, 6.07) is 8.08. The lowest BCUT2D eigenvalue weighted by molar-refractivity contribution is -0.127. The minimum Gasteiger partial charge on any atom is -0.326 e. The lowest BCUT2D eigenvalue weighted by atomic mass is 9.98. The van der Waals surface area contributed by atoms with Gasteiger partial charge in [-0.05, 0) is 30.9 Å². The number of nitrogens with zero attached hydrogens (tertiary/aromatic N) is 2. The highest BCUT2D eigenvalue weighted by molar-refractivity contribution is 6.03. The molecule has 2 aliphatic rings. The number of rotatable bonds is 4. The van der Waals surface area contributed by atoms with Gasteiger partial charge >= 0.3 is 6.03 Å². The molecule has 1 saturated heterocycles. The summed E-state index contributed by atoms with van der Waals surface area (Å²) in [6.45, 7) is 6.21. The highest BCUT2D eigenvalue weighted by Crippen LogP contribution is 2.22. The predicted octanol–water partition coefficient (Wildman–Crippen LogP) is 1.76. The molecule has 1 aromatic carbocycles. The van der Waals surface area contributed by atoms with Crippen LogP contribution in [-0.2, 0) is 17.8 Å². The van der Waals surface area contributed by atoms with Gasteiger partial charge in [0, 0.05) is 25.7 Å². The molecule has 0 aliphatic carbocycles. The van der Waals surface area contributed by atoms with Crippen molar-refractivity contribution in [3.63, 3.8) is 0 Å². The van der Waals surface area contributed by atoms with Gasteiger partial charge in [0.1, 0.15) is 6.04 Å². The number of imide groups is 1. The lowest BCUT2D eigenvalue weighted by Crippen LogP contribution is -2.47. The first-order chi connectivity index (χ1) is 10.6. The molecular weight excluding hydrogens is 278 g/mol. The van der Waals surface area contributed by atoms with Gasteiger partial charge in [0.05, 0.1) is 0 Å². The van der Waals surface area contributed by atoms with Crippen LogP contribution in [0.15, 0.2) is 24.3 Å². The van der Waals surface area contributed by atoms with Crippen LogP contribution in [0.4, 0.5) is 4.79 Å². The van der Waals surface area contributed by atoms with Gasteiger partial charge in [-0.3, -0.25) is 14.6 Å². The number of benzene rings is 1. The highest BCUT2D eigenvalue weighted by Gasteiger charge is 2.37. The van der Waals surface area contributed by atoms with Gasteiger partial charge in [-0.1, -0.05) is 31.2 Å². The van der Waals surface area contributed by atoms with E-state index in [0.717, 1.165) is 25.9 Å². The number of nitrogens with one attached hydrogen (secondary N) is 1. The van der Waals surface area contributed by atoms with Crippen LogP contribution in [0, 0.1) is 0 Å². The van der Waals surface area contributed by atoms with E-state index in [1.165, 1.54) is 16.0 Å². The van der Waals surface area contributed by atoms with Crippen molar-refractivity contribution in [1.29, 1.82) is 0 Å². The van der Waals surface area contributed by atoms with Gasteiger partial charge in [0.25, 0.3) is 5.91 Å². The molecule has 5 nitrogen and oxygen atoms in total. The average Bonchev–Trinajstić information content (AvgIpc) is 2.77. The van der Waals surface area contributed by atoms with Gasteiger partial charge in [-0.2, -0.15) is 0 Å². The summed E-state index contributed by atoms with van der Waals surface area (Å²) < 4.78 is 0. The summed E-state index contributed by atoms with van der Waals surface area (Å²) in [5.74, 6) is -0.110. The van der Waals surface area contributed by atoms with Crippen molar-refractivity contribution in [1.82, 2.24) is 15.1 Å². The Hall–Kier alpha value is -1.88. The Morgan fingerprint density at radius 1 is 1.27 bits per heavy atom. The van der Waals surface area contributed by atoms with Crippen LogP contribution >= 0.6 is 0 Å². The minimum absolute atomic E-state index is 0.110. The maximum atomic E-state index is 12.1. The molecule has 2 atom stereocenters. The van der Waals surface area contributed by atoms with Crippen LogP contribution in [0.3, 0.4) is 0 Å². The van der Waals surface area contributed by atoms with Crippen LogP contribution in [0.5, 0.6) is 0 Å². The van der Waals surface area contributed by atoms with Crippen molar-refractivity contribution in [2.75, 3.05) is 13.1 Å². The monoisotopic (exact) mass is 301 g/mol. The fraction of sp³-hybridized carbons (Fsp3) is 0.529. The Bertz CT molecular complexity index is 587. The van der Waals surface area contributed by atoms with E-state index in [-0.39, 0.29) is 18.0 Å². The predicted molar refractivity (Wildman–Crippen MR) is 84.3 cm³/mol. The molecule has 118 valence electrons. The highest BCUT2D eigenvalue weighted by atomic mass is 16.2. The van der Waals surface area contributed by atoms with Crippen molar-refractivity contribution in [2.24, 2.45) is 0 Å². The molecule has 0 unspecified atom stereocenters. The summed E-state index contributed by atoms with van der Waals surface area (Å²) in [5, 5.41) is 2.68. The Balaban J connectivity index is 1.70. The van der Waals surface area contributed by atoms with Gasteiger partial charge in [0.2, 0.25) is 0 Å². The summed E-state index contributed by atoms with van der Waals surface area (Å²) in [5.41, 5.74) is 2.77. The Kier molecular flexibility index (Phi) is 4.16. The van der Waals surface area contributed by atoms with E-state index in [1.54, 1.807) is 6.92 Å². The topological polar surface area (TPSA) is 52.7 Å². The molecule has 22 heavy (non-hydrogen) atoms. The number of fused-ring (bicyclic) bond motifs is 1. The molecule has 0 saturated carbocycles. The number of urea groups is 1. The third-order valence-electron chi connectivity index (χ3n) is 4.76. The van der Waals surface area contributed by atoms with E-state index in [0.29, 0.717) is 6.54 Å². The fourth-order valence-corrected chi connectivity index (χ4v) is 3.37. The summed E-state index contributed by atoms with van der Waals surface area (Å²) in [7, 11) is 0. The van der Waals surface area contributed by atoms with E-state index in [1.807, 2.05) is 0 Å². The minimum atomic E-state index is -0.396. The summed E-state index contributed by atoms with van der Waals surface area (Å²) >= 11 is 0. The van der Waals surface area contributed by atoms with Gasteiger partial charge in [-0.15, -0.1) is 0 Å². The van der Waals surface area contributed by atoms with Crippen LogP contribution in [0.1, 0.15) is 31.4 Å². The largest absolute Gasteiger partial charge is 0.326 e. The Morgan fingerprint density at radius 2 is 2.00 bits per heavy atom. The first kappa shape index (κ1) is 15.0. The first-order valence-corrected chi connectivity index (χ1v) is 8.03. The lowest BCUT2D eigenvalue weighted by Gasteiger charge is -2.36. The molecule has 3 amide bonds.